The molecule has 0 fully saturated rings. The van der Waals surface area contributed by atoms with Crippen molar-refractivity contribution in [1.29, 1.82) is 0 Å². The molecular formula is C21H32N4O3S. The molecule has 0 unspecified atom stereocenters. The lowest BCUT2D eigenvalue weighted by Crippen LogP contribution is -2.30. The Labute approximate surface area is 173 Å². The molecule has 2 aromatic rings. The van der Waals surface area contributed by atoms with Gasteiger partial charge in [-0.15, -0.1) is 0 Å². The zero-order valence-corrected chi connectivity index (χ0v) is 19.3. The molecule has 8 heteroatoms. The van der Waals surface area contributed by atoms with Gasteiger partial charge in [0.1, 0.15) is 5.82 Å². The van der Waals surface area contributed by atoms with Crippen LogP contribution < -0.4 is 10.0 Å². The first-order valence-corrected chi connectivity index (χ1v) is 11.1. The van der Waals surface area contributed by atoms with Gasteiger partial charge in [0.05, 0.1) is 16.1 Å². The molecule has 2 rings (SSSR count). The van der Waals surface area contributed by atoms with Gasteiger partial charge in [0, 0.05) is 23.1 Å². The van der Waals surface area contributed by atoms with Crippen LogP contribution in [0.1, 0.15) is 71.4 Å². The minimum absolute atomic E-state index is 0.0542. The number of sulfonamides is 1. The summed E-state index contributed by atoms with van der Waals surface area (Å²) in [7, 11) is -3.68. The average Bonchev–Trinajstić information content (AvgIpc) is 2.98. The van der Waals surface area contributed by atoms with Crippen molar-refractivity contribution in [3.63, 3.8) is 0 Å². The monoisotopic (exact) mass is 420 g/mol. The van der Waals surface area contributed by atoms with E-state index < -0.39 is 15.9 Å². The molecule has 1 aromatic heterocycles. The van der Waals surface area contributed by atoms with Gasteiger partial charge in [0.25, 0.3) is 5.91 Å². The molecule has 0 aliphatic heterocycles. The first kappa shape index (κ1) is 23.1. The van der Waals surface area contributed by atoms with Crippen LogP contribution in [0.3, 0.4) is 0 Å². The van der Waals surface area contributed by atoms with Gasteiger partial charge in [-0.3, -0.25) is 4.79 Å². The number of carbonyl (C=O) groups is 1. The quantitative estimate of drug-likeness (QED) is 0.768. The van der Waals surface area contributed by atoms with Crippen LogP contribution in [-0.4, -0.2) is 30.1 Å². The first-order chi connectivity index (χ1) is 13.1. The number of hydrogen-bond acceptors (Lipinski definition) is 4. The summed E-state index contributed by atoms with van der Waals surface area (Å²) in [6, 6.07) is 7.62. The van der Waals surface area contributed by atoms with Crippen molar-refractivity contribution in [2.45, 2.75) is 77.3 Å². The lowest BCUT2D eigenvalue weighted by molar-refractivity contribution is 0.102. The van der Waals surface area contributed by atoms with Gasteiger partial charge in [-0.2, -0.15) is 5.10 Å². The highest BCUT2D eigenvalue weighted by molar-refractivity contribution is 7.89. The number of amides is 1. The Kier molecular flexibility index (Phi) is 6.30. The molecule has 7 nitrogen and oxygen atoms in total. The second kappa shape index (κ2) is 7.91. The molecule has 0 saturated carbocycles. The number of hydrogen-bond donors (Lipinski definition) is 2. The molecule has 0 atom stereocenters. The van der Waals surface area contributed by atoms with Crippen molar-refractivity contribution in [2.24, 2.45) is 0 Å². The average molecular weight is 421 g/mol. The van der Waals surface area contributed by atoms with Crippen LogP contribution in [-0.2, 0) is 21.0 Å². The van der Waals surface area contributed by atoms with E-state index in [0.29, 0.717) is 5.82 Å². The Bertz CT molecular complexity index is 994. The van der Waals surface area contributed by atoms with E-state index in [4.69, 9.17) is 0 Å². The van der Waals surface area contributed by atoms with Crippen LogP contribution in [0, 0.1) is 0 Å². The zero-order valence-electron chi connectivity index (χ0n) is 18.5. The molecule has 0 saturated heterocycles. The van der Waals surface area contributed by atoms with Crippen LogP contribution in [0.25, 0.3) is 0 Å². The Balaban J connectivity index is 2.39. The lowest BCUT2D eigenvalue weighted by atomic mass is 9.92. The molecule has 160 valence electrons. The summed E-state index contributed by atoms with van der Waals surface area (Å²) < 4.78 is 29.1. The van der Waals surface area contributed by atoms with E-state index in [2.05, 4.69) is 35.9 Å². The number of carbonyl (C=O) groups excluding carboxylic acids is 1. The second-order valence-electron chi connectivity index (χ2n) is 9.51. The minimum atomic E-state index is -3.68. The summed E-state index contributed by atoms with van der Waals surface area (Å²) >= 11 is 0. The fourth-order valence-electron chi connectivity index (χ4n) is 2.72. The molecule has 0 radical (unpaired) electrons. The van der Waals surface area contributed by atoms with E-state index in [1.54, 1.807) is 30.7 Å². The smallest absolute Gasteiger partial charge is 0.256 e. The third-order valence-electron chi connectivity index (χ3n) is 4.15. The van der Waals surface area contributed by atoms with E-state index in [9.17, 15) is 13.2 Å². The highest BCUT2D eigenvalue weighted by atomic mass is 32.2. The van der Waals surface area contributed by atoms with Crippen molar-refractivity contribution in [3.05, 3.63) is 41.6 Å². The van der Waals surface area contributed by atoms with Crippen LogP contribution in [0.2, 0.25) is 0 Å². The Morgan fingerprint density at radius 3 is 2.21 bits per heavy atom. The van der Waals surface area contributed by atoms with Crippen molar-refractivity contribution < 1.29 is 13.2 Å². The summed E-state index contributed by atoms with van der Waals surface area (Å²) in [6.45, 7) is 15.7. The van der Waals surface area contributed by atoms with E-state index >= 15 is 0 Å². The van der Waals surface area contributed by atoms with Crippen LogP contribution >= 0.6 is 0 Å². The second-order valence-corrected chi connectivity index (χ2v) is 11.2. The van der Waals surface area contributed by atoms with Crippen molar-refractivity contribution in [1.82, 2.24) is 14.5 Å². The van der Waals surface area contributed by atoms with Crippen molar-refractivity contribution in [3.8, 4) is 0 Å². The Hall–Kier alpha value is -2.19. The fraction of sp³-hybridized carbons (Fsp3) is 0.524. The van der Waals surface area contributed by atoms with Gasteiger partial charge in [0.15, 0.2) is 0 Å². The number of nitrogens with one attached hydrogen (secondary N) is 2. The molecule has 1 heterocycles. The van der Waals surface area contributed by atoms with Gasteiger partial charge in [-0.25, -0.2) is 17.8 Å². The number of aromatic nitrogens is 2. The van der Waals surface area contributed by atoms with E-state index in [1.807, 2.05) is 26.8 Å². The maximum atomic E-state index is 12.9. The Morgan fingerprint density at radius 2 is 1.69 bits per heavy atom. The summed E-state index contributed by atoms with van der Waals surface area (Å²) in [5.74, 6) is 0.179. The summed E-state index contributed by atoms with van der Waals surface area (Å²) in [4.78, 5) is 12.9. The first-order valence-electron chi connectivity index (χ1n) is 9.66. The van der Waals surface area contributed by atoms with Crippen LogP contribution in [0.15, 0.2) is 35.2 Å². The number of anilines is 1. The van der Waals surface area contributed by atoms with E-state index in [-0.39, 0.29) is 27.5 Å². The maximum absolute atomic E-state index is 12.9. The third kappa shape index (κ3) is 5.67. The molecule has 1 amide bonds. The van der Waals surface area contributed by atoms with Gasteiger partial charge in [-0.05, 0) is 52.8 Å². The molecule has 0 spiro atoms. The molecule has 29 heavy (non-hydrogen) atoms. The standard InChI is InChI=1S/C21H32N4O3S/c1-14(2)24-29(27,28)16-11-9-10-15(12-16)19(26)22-18-13-17(20(3,4)5)23-25(18)21(6,7)8/h9-14,24H,1-8H3,(H,22,26). The van der Waals surface area contributed by atoms with Gasteiger partial charge >= 0.3 is 0 Å². The number of benzene rings is 1. The highest BCUT2D eigenvalue weighted by Crippen LogP contribution is 2.28. The zero-order chi connectivity index (χ0) is 22.2. The van der Waals surface area contributed by atoms with Crippen LogP contribution in [0.4, 0.5) is 5.82 Å². The van der Waals surface area contributed by atoms with Gasteiger partial charge < -0.3 is 5.32 Å². The molecule has 0 bridgehead atoms. The fourth-order valence-corrected chi connectivity index (χ4v) is 4.02. The molecule has 1 aromatic carbocycles. The minimum Gasteiger partial charge on any atom is -0.307 e. The molecule has 0 aliphatic carbocycles. The van der Waals surface area contributed by atoms with Gasteiger partial charge in [0.2, 0.25) is 10.0 Å². The van der Waals surface area contributed by atoms with E-state index in [1.165, 1.54) is 12.1 Å². The predicted molar refractivity (Wildman–Crippen MR) is 116 cm³/mol. The maximum Gasteiger partial charge on any atom is 0.256 e. The van der Waals surface area contributed by atoms with Crippen molar-refractivity contribution >= 4 is 21.7 Å². The summed E-state index contributed by atoms with van der Waals surface area (Å²) in [5, 5.41) is 7.58. The van der Waals surface area contributed by atoms with Gasteiger partial charge in [-0.1, -0.05) is 26.8 Å². The third-order valence-corrected chi connectivity index (χ3v) is 5.81. The highest BCUT2D eigenvalue weighted by Gasteiger charge is 2.26. The number of rotatable bonds is 5. The molecular weight excluding hydrogens is 388 g/mol. The predicted octanol–water partition coefficient (Wildman–Crippen LogP) is 3.87. The summed E-state index contributed by atoms with van der Waals surface area (Å²) in [5.41, 5.74) is 0.612. The molecule has 0 aliphatic rings. The number of nitrogens with zero attached hydrogens (tertiary/aromatic N) is 2. The lowest BCUT2D eigenvalue weighted by Gasteiger charge is -2.23. The topological polar surface area (TPSA) is 93.1 Å². The van der Waals surface area contributed by atoms with Crippen LogP contribution in [0.5, 0.6) is 0 Å². The SMILES string of the molecule is CC(C)NS(=O)(=O)c1cccc(C(=O)Nc2cc(C(C)(C)C)nn2C(C)(C)C)c1. The normalized spacial score (nSPS) is 13.0. The van der Waals surface area contributed by atoms with Crippen molar-refractivity contribution in [2.75, 3.05) is 5.32 Å². The largest absolute Gasteiger partial charge is 0.307 e. The Morgan fingerprint density at radius 1 is 1.07 bits per heavy atom. The molecule has 2 N–H and O–H groups in total. The van der Waals surface area contributed by atoms with E-state index in [0.717, 1.165) is 5.69 Å². The summed E-state index contributed by atoms with van der Waals surface area (Å²) in [6.07, 6.45) is 0.